The second-order valence-electron chi connectivity index (χ2n) is 9.12. The molecule has 0 spiro atoms. The smallest absolute Gasteiger partial charge is 0.322 e. The van der Waals surface area contributed by atoms with Gasteiger partial charge < -0.3 is 15.0 Å². The first-order valence-electron chi connectivity index (χ1n) is 11.3. The van der Waals surface area contributed by atoms with Crippen molar-refractivity contribution in [3.05, 3.63) is 47.9 Å². The lowest BCUT2D eigenvalue weighted by atomic mass is 9.92. The fourth-order valence-electron chi connectivity index (χ4n) is 4.83. The van der Waals surface area contributed by atoms with Crippen molar-refractivity contribution in [3.8, 4) is 11.8 Å². The number of aryl methyl sites for hydroxylation is 1. The van der Waals surface area contributed by atoms with E-state index in [1.165, 1.54) is 6.07 Å². The molecule has 2 aliphatic rings. The van der Waals surface area contributed by atoms with Crippen LogP contribution in [0.4, 0.5) is 20.5 Å². The highest BCUT2D eigenvalue weighted by Gasteiger charge is 2.43. The van der Waals surface area contributed by atoms with Gasteiger partial charge in [-0.1, -0.05) is 0 Å². The zero-order chi connectivity index (χ0) is 23.1. The van der Waals surface area contributed by atoms with E-state index in [0.717, 1.165) is 49.6 Å². The molecule has 1 saturated heterocycles. The van der Waals surface area contributed by atoms with Gasteiger partial charge in [-0.2, -0.15) is 4.98 Å². The third-order valence-corrected chi connectivity index (χ3v) is 6.43. The van der Waals surface area contributed by atoms with Crippen molar-refractivity contribution in [1.82, 2.24) is 24.7 Å². The molecule has 10 heteroatoms. The van der Waals surface area contributed by atoms with Gasteiger partial charge in [0.05, 0.1) is 6.04 Å². The normalized spacial score (nSPS) is 22.1. The van der Waals surface area contributed by atoms with Crippen LogP contribution in [0.5, 0.6) is 11.8 Å². The molecule has 3 aromatic rings. The molecule has 1 saturated carbocycles. The van der Waals surface area contributed by atoms with Gasteiger partial charge in [-0.15, -0.1) is 5.10 Å². The zero-order valence-corrected chi connectivity index (χ0v) is 18.9. The van der Waals surface area contributed by atoms with E-state index >= 15 is 0 Å². The van der Waals surface area contributed by atoms with Crippen molar-refractivity contribution >= 4 is 11.8 Å². The topological polar surface area (TPSA) is 81.0 Å². The second kappa shape index (κ2) is 8.57. The van der Waals surface area contributed by atoms with Crippen LogP contribution in [0.15, 0.2) is 30.6 Å². The molecular formula is C23H27F2N7O. The molecule has 1 aromatic carbocycles. The first-order valence-corrected chi connectivity index (χ1v) is 11.3. The van der Waals surface area contributed by atoms with Crippen molar-refractivity contribution < 1.29 is 13.5 Å². The molecule has 1 aliphatic heterocycles. The van der Waals surface area contributed by atoms with Crippen LogP contribution < -0.4 is 15.0 Å². The van der Waals surface area contributed by atoms with Crippen LogP contribution in [0.25, 0.3) is 0 Å². The van der Waals surface area contributed by atoms with E-state index < -0.39 is 11.6 Å². The Balaban J connectivity index is 1.32. The Hall–Kier alpha value is -3.30. The van der Waals surface area contributed by atoms with Crippen molar-refractivity contribution in [1.29, 1.82) is 0 Å². The van der Waals surface area contributed by atoms with Crippen molar-refractivity contribution in [2.45, 2.75) is 45.7 Å². The van der Waals surface area contributed by atoms with E-state index in [1.54, 1.807) is 11.0 Å². The average Bonchev–Trinajstić information content (AvgIpc) is 3.27. The van der Waals surface area contributed by atoms with Crippen LogP contribution in [0.1, 0.15) is 38.4 Å². The fraction of sp³-hybridized carbons (Fsp3) is 0.478. The quantitative estimate of drug-likeness (QED) is 0.592. The maximum atomic E-state index is 13.6. The molecule has 2 aromatic heterocycles. The summed E-state index contributed by atoms with van der Waals surface area (Å²) in [6.07, 6.45) is 3.88. The van der Waals surface area contributed by atoms with Crippen molar-refractivity contribution in [2.24, 2.45) is 11.8 Å². The maximum absolute atomic E-state index is 13.6. The Kier molecular flexibility index (Phi) is 5.59. The van der Waals surface area contributed by atoms with E-state index in [1.807, 2.05) is 26.8 Å². The standard InChI is InChI=1S/C23H27F2N7O/c1-13(2)32-23(33-17-6-7-18(24)19(25)9-17)29-22(30-32)28-21-15-4-5-16(21)11-31(10-15)20-8-14(3)26-12-27-20/h6-9,12-13,15-16,21H,4-5,10-11H2,1-3H3,(H,28,30)/t15-,16+,21?. The third-order valence-electron chi connectivity index (χ3n) is 6.43. The minimum atomic E-state index is -0.969. The first-order chi connectivity index (χ1) is 15.9. The number of anilines is 2. The minimum absolute atomic E-state index is 0.0204. The molecule has 1 unspecified atom stereocenters. The number of aromatic nitrogens is 5. The number of nitrogens with zero attached hydrogens (tertiary/aromatic N) is 6. The Morgan fingerprint density at radius 2 is 1.82 bits per heavy atom. The summed E-state index contributed by atoms with van der Waals surface area (Å²) in [5.41, 5.74) is 0.963. The Morgan fingerprint density at radius 3 is 2.48 bits per heavy atom. The van der Waals surface area contributed by atoms with E-state index in [2.05, 4.69) is 30.3 Å². The van der Waals surface area contributed by atoms with E-state index in [9.17, 15) is 8.78 Å². The molecule has 1 N–H and O–H groups in total. The van der Waals surface area contributed by atoms with Crippen molar-refractivity contribution in [3.63, 3.8) is 0 Å². The molecule has 174 valence electrons. The summed E-state index contributed by atoms with van der Waals surface area (Å²) in [7, 11) is 0. The van der Waals surface area contributed by atoms with Gasteiger partial charge in [0.1, 0.15) is 17.9 Å². The molecule has 5 rings (SSSR count). The SMILES string of the molecule is Cc1cc(N2C[C@H]3CC[C@@H](C2)C3Nc2nc(Oc3ccc(F)c(F)c3)n(C(C)C)n2)ncn1. The molecule has 0 amide bonds. The summed E-state index contributed by atoms with van der Waals surface area (Å²) >= 11 is 0. The van der Waals surface area contributed by atoms with E-state index in [4.69, 9.17) is 4.74 Å². The number of fused-ring (bicyclic) bond motifs is 2. The number of ether oxygens (including phenoxy) is 1. The van der Waals surface area contributed by atoms with Crippen LogP contribution in [0.3, 0.4) is 0 Å². The Morgan fingerprint density at radius 1 is 1.06 bits per heavy atom. The van der Waals surface area contributed by atoms with Crippen LogP contribution in [0.2, 0.25) is 0 Å². The van der Waals surface area contributed by atoms with Gasteiger partial charge in [-0.25, -0.2) is 23.4 Å². The molecule has 33 heavy (non-hydrogen) atoms. The maximum Gasteiger partial charge on any atom is 0.322 e. The van der Waals surface area contributed by atoms with Gasteiger partial charge in [0.25, 0.3) is 0 Å². The van der Waals surface area contributed by atoms with Crippen LogP contribution in [0, 0.1) is 30.4 Å². The highest BCUT2D eigenvalue weighted by molar-refractivity contribution is 5.42. The van der Waals surface area contributed by atoms with Gasteiger partial charge in [0, 0.05) is 37.0 Å². The monoisotopic (exact) mass is 455 g/mol. The minimum Gasteiger partial charge on any atom is -0.424 e. The number of hydrogen-bond donors (Lipinski definition) is 1. The number of nitrogens with one attached hydrogen (secondary N) is 1. The second-order valence-corrected chi connectivity index (χ2v) is 9.12. The van der Waals surface area contributed by atoms with Gasteiger partial charge >= 0.3 is 6.01 Å². The number of benzene rings is 1. The zero-order valence-electron chi connectivity index (χ0n) is 18.9. The molecule has 3 heterocycles. The van der Waals surface area contributed by atoms with Gasteiger partial charge in [-0.3, -0.25) is 0 Å². The Labute approximate surface area is 191 Å². The predicted octanol–water partition coefficient (Wildman–Crippen LogP) is 4.35. The van der Waals surface area contributed by atoms with Crippen LogP contribution >= 0.6 is 0 Å². The molecule has 8 nitrogen and oxygen atoms in total. The summed E-state index contributed by atoms with van der Waals surface area (Å²) in [6, 6.07) is 5.91. The van der Waals surface area contributed by atoms with Gasteiger partial charge in [-0.05, 0) is 57.6 Å². The lowest BCUT2D eigenvalue weighted by Gasteiger charge is -2.38. The lowest BCUT2D eigenvalue weighted by Crippen LogP contribution is -2.48. The Bertz CT molecular complexity index is 1140. The molecule has 0 radical (unpaired) electrons. The predicted molar refractivity (Wildman–Crippen MR) is 119 cm³/mol. The molecule has 2 fully saturated rings. The number of rotatable bonds is 6. The van der Waals surface area contributed by atoms with Gasteiger partial charge in [0.15, 0.2) is 11.6 Å². The van der Waals surface area contributed by atoms with E-state index in [0.29, 0.717) is 17.8 Å². The summed E-state index contributed by atoms with van der Waals surface area (Å²) in [5, 5.41) is 8.12. The fourth-order valence-corrected chi connectivity index (χ4v) is 4.83. The molecular weight excluding hydrogens is 428 g/mol. The molecule has 2 bridgehead atoms. The summed E-state index contributed by atoms with van der Waals surface area (Å²) in [5.74, 6) is 0.624. The average molecular weight is 456 g/mol. The highest BCUT2D eigenvalue weighted by Crippen LogP contribution is 2.40. The largest absolute Gasteiger partial charge is 0.424 e. The lowest BCUT2D eigenvalue weighted by molar-refractivity contribution is 0.372. The third kappa shape index (κ3) is 4.34. The van der Waals surface area contributed by atoms with E-state index in [-0.39, 0.29) is 23.8 Å². The summed E-state index contributed by atoms with van der Waals surface area (Å²) in [4.78, 5) is 15.5. The van der Waals surface area contributed by atoms with Gasteiger partial charge in [0.2, 0.25) is 5.95 Å². The number of piperidine rings is 1. The van der Waals surface area contributed by atoms with Crippen molar-refractivity contribution in [2.75, 3.05) is 23.3 Å². The summed E-state index contributed by atoms with van der Waals surface area (Å²) < 4.78 is 34.3. The number of hydrogen-bond acceptors (Lipinski definition) is 7. The molecule has 3 atom stereocenters. The molecule has 1 aliphatic carbocycles. The highest BCUT2D eigenvalue weighted by atomic mass is 19.2. The number of halogens is 2. The first kappa shape index (κ1) is 21.5. The van der Waals surface area contributed by atoms with Crippen LogP contribution in [-0.2, 0) is 0 Å². The summed E-state index contributed by atoms with van der Waals surface area (Å²) in [6.45, 7) is 7.72. The van der Waals surface area contributed by atoms with Crippen LogP contribution in [-0.4, -0.2) is 43.9 Å².